The van der Waals surface area contributed by atoms with Gasteiger partial charge in [-0.2, -0.15) is 0 Å². The molecule has 3 aromatic rings. The Morgan fingerprint density at radius 1 is 1.28 bits per heavy atom. The summed E-state index contributed by atoms with van der Waals surface area (Å²) in [5.41, 5.74) is 9.98. The topological polar surface area (TPSA) is 67.6 Å². The third-order valence-corrected chi connectivity index (χ3v) is 3.24. The van der Waals surface area contributed by atoms with Crippen LogP contribution in [0.3, 0.4) is 0 Å². The largest absolute Gasteiger partial charge is 0.397 e. The number of nitrogen functional groups attached to an aromatic ring is 1. The molecule has 2 aromatic heterocycles. The monoisotopic (exact) mass is 258 g/mol. The molecule has 0 saturated heterocycles. The molecule has 18 heavy (non-hydrogen) atoms. The SMILES string of the molecule is Cc1ccnc2nc(-c3cccc(Cl)c3N)[nH]c12. The number of benzene rings is 1. The van der Waals surface area contributed by atoms with Crippen LogP contribution in [0.25, 0.3) is 22.6 Å². The van der Waals surface area contributed by atoms with Crippen LogP contribution >= 0.6 is 11.6 Å². The quantitative estimate of drug-likeness (QED) is 0.659. The van der Waals surface area contributed by atoms with Crippen molar-refractivity contribution in [2.75, 3.05) is 5.73 Å². The lowest BCUT2D eigenvalue weighted by Crippen LogP contribution is -1.92. The summed E-state index contributed by atoms with van der Waals surface area (Å²) in [6.07, 6.45) is 1.74. The molecule has 90 valence electrons. The molecule has 0 aliphatic heterocycles. The van der Waals surface area contributed by atoms with Crippen LogP contribution in [0.1, 0.15) is 5.56 Å². The van der Waals surface area contributed by atoms with E-state index in [0.717, 1.165) is 16.6 Å². The highest BCUT2D eigenvalue weighted by Gasteiger charge is 2.11. The summed E-state index contributed by atoms with van der Waals surface area (Å²) in [4.78, 5) is 11.9. The van der Waals surface area contributed by atoms with Crippen LogP contribution in [-0.2, 0) is 0 Å². The summed E-state index contributed by atoms with van der Waals surface area (Å²) >= 11 is 6.01. The third kappa shape index (κ3) is 1.62. The number of hydrogen-bond donors (Lipinski definition) is 2. The van der Waals surface area contributed by atoms with E-state index in [1.807, 2.05) is 25.1 Å². The number of aromatic amines is 1. The summed E-state index contributed by atoms with van der Waals surface area (Å²) < 4.78 is 0. The van der Waals surface area contributed by atoms with Gasteiger partial charge in [-0.25, -0.2) is 9.97 Å². The maximum atomic E-state index is 6.01. The fraction of sp³-hybridized carbons (Fsp3) is 0.0769. The molecule has 0 spiro atoms. The van der Waals surface area contributed by atoms with Crippen LogP contribution in [0.15, 0.2) is 30.5 Å². The van der Waals surface area contributed by atoms with Crippen molar-refractivity contribution in [3.8, 4) is 11.4 Å². The summed E-state index contributed by atoms with van der Waals surface area (Å²) in [6.45, 7) is 2.01. The number of nitrogens with one attached hydrogen (secondary N) is 1. The molecule has 0 fully saturated rings. The maximum absolute atomic E-state index is 6.01. The van der Waals surface area contributed by atoms with Crippen LogP contribution in [0.4, 0.5) is 5.69 Å². The van der Waals surface area contributed by atoms with Crippen molar-refractivity contribution in [2.24, 2.45) is 0 Å². The number of H-pyrrole nitrogens is 1. The first-order valence-corrected chi connectivity index (χ1v) is 5.90. The second-order valence-electron chi connectivity index (χ2n) is 4.11. The number of aromatic nitrogens is 3. The van der Waals surface area contributed by atoms with Gasteiger partial charge < -0.3 is 10.7 Å². The second-order valence-corrected chi connectivity index (χ2v) is 4.52. The molecule has 4 nitrogen and oxygen atoms in total. The van der Waals surface area contributed by atoms with Gasteiger partial charge in [0, 0.05) is 11.8 Å². The zero-order valence-corrected chi connectivity index (χ0v) is 10.5. The number of aryl methyl sites for hydroxylation is 1. The van der Waals surface area contributed by atoms with Crippen LogP contribution < -0.4 is 5.73 Å². The standard InChI is InChI=1S/C13H11ClN4/c1-7-5-6-16-13-11(7)17-12(18-13)8-3-2-4-9(14)10(8)15/h2-6H,15H2,1H3,(H,16,17,18). The first-order chi connectivity index (χ1) is 8.66. The van der Waals surface area contributed by atoms with Crippen molar-refractivity contribution in [3.05, 3.63) is 41.0 Å². The number of hydrogen-bond acceptors (Lipinski definition) is 3. The Bertz CT molecular complexity index is 733. The molecule has 0 aliphatic carbocycles. The number of anilines is 1. The Labute approximate surface area is 109 Å². The number of para-hydroxylation sites is 1. The number of pyridine rings is 1. The van der Waals surface area contributed by atoms with E-state index >= 15 is 0 Å². The molecule has 5 heteroatoms. The number of rotatable bonds is 1. The number of fused-ring (bicyclic) bond motifs is 1. The Morgan fingerprint density at radius 3 is 2.89 bits per heavy atom. The minimum atomic E-state index is 0.524. The van der Waals surface area contributed by atoms with Gasteiger partial charge in [-0.15, -0.1) is 0 Å². The van der Waals surface area contributed by atoms with Gasteiger partial charge in [0.05, 0.1) is 16.2 Å². The fourth-order valence-corrected chi connectivity index (χ4v) is 2.08. The predicted molar refractivity (Wildman–Crippen MR) is 73.5 cm³/mol. The van der Waals surface area contributed by atoms with E-state index in [9.17, 15) is 0 Å². The fourth-order valence-electron chi connectivity index (χ4n) is 1.91. The molecular weight excluding hydrogens is 248 g/mol. The molecule has 2 heterocycles. The lowest BCUT2D eigenvalue weighted by atomic mass is 10.2. The summed E-state index contributed by atoms with van der Waals surface area (Å²) in [5.74, 6) is 0.687. The first-order valence-electron chi connectivity index (χ1n) is 5.52. The van der Waals surface area contributed by atoms with E-state index in [1.54, 1.807) is 12.3 Å². The zero-order chi connectivity index (χ0) is 12.7. The predicted octanol–water partition coefficient (Wildman–Crippen LogP) is 3.17. The number of halogens is 1. The molecule has 0 atom stereocenters. The Balaban J connectivity index is 2.26. The van der Waals surface area contributed by atoms with E-state index < -0.39 is 0 Å². The molecule has 1 aromatic carbocycles. The Hall–Kier alpha value is -2.07. The van der Waals surface area contributed by atoms with Gasteiger partial charge in [0.25, 0.3) is 0 Å². The molecule has 0 bridgehead atoms. The van der Waals surface area contributed by atoms with E-state index in [1.165, 1.54) is 0 Å². The lowest BCUT2D eigenvalue weighted by molar-refractivity contribution is 1.30. The minimum absolute atomic E-state index is 0.524. The first kappa shape index (κ1) is 11.0. The van der Waals surface area contributed by atoms with E-state index in [2.05, 4.69) is 15.0 Å². The normalized spacial score (nSPS) is 11.0. The van der Waals surface area contributed by atoms with Gasteiger partial charge >= 0.3 is 0 Å². The Kier molecular flexibility index (Phi) is 2.45. The average Bonchev–Trinajstić information content (AvgIpc) is 2.78. The average molecular weight is 259 g/mol. The van der Waals surface area contributed by atoms with Gasteiger partial charge in [0.15, 0.2) is 5.65 Å². The molecular formula is C13H11ClN4. The van der Waals surface area contributed by atoms with E-state index in [-0.39, 0.29) is 0 Å². The van der Waals surface area contributed by atoms with Gasteiger partial charge in [-0.05, 0) is 30.7 Å². The minimum Gasteiger partial charge on any atom is -0.397 e. The molecule has 0 aliphatic rings. The molecule has 0 unspecified atom stereocenters. The summed E-state index contributed by atoms with van der Waals surface area (Å²) in [7, 11) is 0. The van der Waals surface area contributed by atoms with Crippen LogP contribution in [0, 0.1) is 6.92 Å². The van der Waals surface area contributed by atoms with Crippen molar-refractivity contribution in [2.45, 2.75) is 6.92 Å². The third-order valence-electron chi connectivity index (χ3n) is 2.91. The van der Waals surface area contributed by atoms with Gasteiger partial charge in [-0.1, -0.05) is 17.7 Å². The summed E-state index contributed by atoms with van der Waals surface area (Å²) in [5, 5.41) is 0.526. The van der Waals surface area contributed by atoms with Crippen molar-refractivity contribution < 1.29 is 0 Å². The Morgan fingerprint density at radius 2 is 2.11 bits per heavy atom. The maximum Gasteiger partial charge on any atom is 0.178 e. The smallest absolute Gasteiger partial charge is 0.178 e. The molecule has 3 rings (SSSR count). The second kappa shape index (κ2) is 3.99. The van der Waals surface area contributed by atoms with Crippen molar-refractivity contribution in [1.29, 1.82) is 0 Å². The lowest BCUT2D eigenvalue weighted by Gasteiger charge is -2.03. The number of nitrogens with zero attached hydrogens (tertiary/aromatic N) is 2. The molecule has 0 radical (unpaired) electrons. The number of imidazole rings is 1. The van der Waals surface area contributed by atoms with Gasteiger partial charge in [-0.3, -0.25) is 0 Å². The van der Waals surface area contributed by atoms with Crippen molar-refractivity contribution >= 4 is 28.5 Å². The molecule has 0 amide bonds. The highest BCUT2D eigenvalue weighted by molar-refractivity contribution is 6.33. The summed E-state index contributed by atoms with van der Waals surface area (Å²) in [6, 6.07) is 7.42. The van der Waals surface area contributed by atoms with E-state index in [0.29, 0.717) is 22.2 Å². The molecule has 3 N–H and O–H groups in total. The van der Waals surface area contributed by atoms with Crippen molar-refractivity contribution in [1.82, 2.24) is 15.0 Å². The van der Waals surface area contributed by atoms with Gasteiger partial charge in [0.1, 0.15) is 5.82 Å². The van der Waals surface area contributed by atoms with Crippen LogP contribution in [0.5, 0.6) is 0 Å². The highest BCUT2D eigenvalue weighted by atomic mass is 35.5. The van der Waals surface area contributed by atoms with Crippen molar-refractivity contribution in [3.63, 3.8) is 0 Å². The molecule has 0 saturated carbocycles. The van der Waals surface area contributed by atoms with E-state index in [4.69, 9.17) is 17.3 Å². The highest BCUT2D eigenvalue weighted by Crippen LogP contribution is 2.30. The number of nitrogens with two attached hydrogens (primary N) is 1. The van der Waals surface area contributed by atoms with Crippen LogP contribution in [0.2, 0.25) is 5.02 Å². The zero-order valence-electron chi connectivity index (χ0n) is 9.74. The van der Waals surface area contributed by atoms with Crippen LogP contribution in [-0.4, -0.2) is 15.0 Å². The van der Waals surface area contributed by atoms with Gasteiger partial charge in [0.2, 0.25) is 0 Å².